The first kappa shape index (κ1) is 16.0. The Morgan fingerprint density at radius 3 is 3.19 bits per heavy atom. The van der Waals surface area contributed by atoms with Gasteiger partial charge in [-0.2, -0.15) is 0 Å². The lowest BCUT2D eigenvalue weighted by molar-refractivity contribution is -0.134. The molecule has 1 unspecified atom stereocenters. The van der Waals surface area contributed by atoms with E-state index < -0.39 is 6.10 Å². The summed E-state index contributed by atoms with van der Waals surface area (Å²) in [5, 5.41) is 7.89. The van der Waals surface area contributed by atoms with Crippen LogP contribution in [0.15, 0.2) is 28.2 Å². The van der Waals surface area contributed by atoms with Crippen LogP contribution in [0.1, 0.15) is 5.69 Å². The van der Waals surface area contributed by atoms with Gasteiger partial charge >= 0.3 is 0 Å². The number of oxazole rings is 1. The fraction of sp³-hybridized carbons (Fsp3) is 0.385. The fourth-order valence-corrected chi connectivity index (χ4v) is 2.58. The molecule has 2 N–H and O–H groups in total. The van der Waals surface area contributed by atoms with Gasteiger partial charge in [-0.25, -0.2) is 4.98 Å². The van der Waals surface area contributed by atoms with Crippen LogP contribution in [0.5, 0.6) is 0 Å². The van der Waals surface area contributed by atoms with E-state index in [1.807, 2.05) is 17.5 Å². The molecule has 1 atom stereocenters. The van der Waals surface area contributed by atoms with E-state index in [1.54, 1.807) is 17.6 Å². The zero-order valence-electron chi connectivity index (χ0n) is 11.2. The first-order valence-electron chi connectivity index (χ1n) is 6.41. The van der Waals surface area contributed by atoms with Crippen molar-refractivity contribution in [3.8, 4) is 10.8 Å². The number of nitrogens with zero attached hydrogens (tertiary/aromatic N) is 1. The zero-order chi connectivity index (χ0) is 13.8. The number of rotatable bonds is 4. The molecule has 2 aromatic heterocycles. The number of morpholine rings is 1. The minimum absolute atomic E-state index is 0. The van der Waals surface area contributed by atoms with E-state index in [0.29, 0.717) is 31.3 Å². The van der Waals surface area contributed by atoms with E-state index in [2.05, 4.69) is 15.6 Å². The number of carbonyl (C=O) groups excluding carboxylic acids is 1. The molecule has 0 bridgehead atoms. The van der Waals surface area contributed by atoms with Crippen molar-refractivity contribution in [1.82, 2.24) is 15.6 Å². The van der Waals surface area contributed by atoms with Crippen LogP contribution in [0.4, 0.5) is 0 Å². The third kappa shape index (κ3) is 4.04. The molecule has 1 fully saturated rings. The molecule has 3 rings (SSSR count). The Bertz CT molecular complexity index is 567. The summed E-state index contributed by atoms with van der Waals surface area (Å²) in [6.45, 7) is 2.24. The lowest BCUT2D eigenvalue weighted by Crippen LogP contribution is -2.47. The van der Waals surface area contributed by atoms with Crippen molar-refractivity contribution in [2.45, 2.75) is 12.6 Å². The summed E-state index contributed by atoms with van der Waals surface area (Å²) < 4.78 is 10.8. The molecule has 0 radical (unpaired) electrons. The van der Waals surface area contributed by atoms with Crippen molar-refractivity contribution in [2.75, 3.05) is 19.7 Å². The summed E-state index contributed by atoms with van der Waals surface area (Å²) in [5.74, 6) is 0.456. The van der Waals surface area contributed by atoms with Crippen molar-refractivity contribution in [3.63, 3.8) is 0 Å². The van der Waals surface area contributed by atoms with Gasteiger partial charge in [-0.3, -0.25) is 4.79 Å². The molecule has 1 aliphatic rings. The van der Waals surface area contributed by atoms with Gasteiger partial charge in [0.25, 0.3) is 5.91 Å². The molecule has 114 valence electrons. The summed E-state index contributed by atoms with van der Waals surface area (Å²) in [6.07, 6.45) is 1.14. The van der Waals surface area contributed by atoms with Crippen LogP contribution in [0.25, 0.3) is 10.8 Å². The summed E-state index contributed by atoms with van der Waals surface area (Å²) in [6, 6.07) is 3.89. The van der Waals surface area contributed by atoms with Gasteiger partial charge in [0.1, 0.15) is 12.4 Å². The minimum Gasteiger partial charge on any atom is -0.443 e. The van der Waals surface area contributed by atoms with Gasteiger partial charge in [0.15, 0.2) is 0 Å². The number of amides is 1. The van der Waals surface area contributed by atoms with Crippen molar-refractivity contribution in [3.05, 3.63) is 29.5 Å². The van der Waals surface area contributed by atoms with E-state index >= 15 is 0 Å². The van der Waals surface area contributed by atoms with Crippen LogP contribution in [0.3, 0.4) is 0 Å². The quantitative estimate of drug-likeness (QED) is 0.887. The largest absolute Gasteiger partial charge is 0.443 e. The van der Waals surface area contributed by atoms with Crippen LogP contribution >= 0.6 is 23.7 Å². The number of carbonyl (C=O) groups is 1. The van der Waals surface area contributed by atoms with Gasteiger partial charge in [-0.05, 0) is 11.4 Å². The van der Waals surface area contributed by atoms with Crippen LogP contribution < -0.4 is 10.6 Å². The second-order valence-corrected chi connectivity index (χ2v) is 5.35. The highest BCUT2D eigenvalue weighted by Crippen LogP contribution is 2.23. The molecule has 1 saturated heterocycles. The minimum atomic E-state index is -0.424. The highest BCUT2D eigenvalue weighted by Gasteiger charge is 2.21. The monoisotopic (exact) mass is 329 g/mol. The molecule has 21 heavy (non-hydrogen) atoms. The average Bonchev–Trinajstić information content (AvgIpc) is 3.16. The Morgan fingerprint density at radius 2 is 2.48 bits per heavy atom. The summed E-state index contributed by atoms with van der Waals surface area (Å²) >= 11 is 1.56. The Labute approximate surface area is 132 Å². The van der Waals surface area contributed by atoms with Gasteiger partial charge in [0, 0.05) is 13.1 Å². The summed E-state index contributed by atoms with van der Waals surface area (Å²) in [4.78, 5) is 17.2. The van der Waals surface area contributed by atoms with E-state index in [4.69, 9.17) is 9.15 Å². The molecular formula is C13H16ClN3O3S. The maximum absolute atomic E-state index is 11.9. The molecule has 1 amide bonds. The normalized spacial score (nSPS) is 18.0. The van der Waals surface area contributed by atoms with Crippen molar-refractivity contribution < 1.29 is 13.9 Å². The van der Waals surface area contributed by atoms with Gasteiger partial charge in [-0.15, -0.1) is 23.7 Å². The fourth-order valence-electron chi connectivity index (χ4n) is 1.93. The second kappa shape index (κ2) is 7.56. The number of hydrogen-bond acceptors (Lipinski definition) is 6. The molecule has 0 saturated carbocycles. The third-order valence-corrected chi connectivity index (χ3v) is 3.81. The van der Waals surface area contributed by atoms with Gasteiger partial charge in [-0.1, -0.05) is 6.07 Å². The van der Waals surface area contributed by atoms with Crippen LogP contribution in [0.2, 0.25) is 0 Å². The number of thiophene rings is 1. The summed E-state index contributed by atoms with van der Waals surface area (Å²) in [7, 11) is 0. The van der Waals surface area contributed by atoms with E-state index in [-0.39, 0.29) is 18.3 Å². The molecule has 6 nitrogen and oxygen atoms in total. The third-order valence-electron chi connectivity index (χ3n) is 2.95. The molecule has 0 spiro atoms. The molecule has 0 aromatic carbocycles. The number of ether oxygens (including phenoxy) is 1. The Balaban J connectivity index is 0.00000161. The highest BCUT2D eigenvalue weighted by molar-refractivity contribution is 7.13. The predicted octanol–water partition coefficient (Wildman–Crippen LogP) is 1.43. The number of nitrogens with one attached hydrogen (secondary N) is 2. The number of hydrogen-bond donors (Lipinski definition) is 2. The maximum Gasteiger partial charge on any atom is 0.250 e. The Kier molecular flexibility index (Phi) is 5.75. The van der Waals surface area contributed by atoms with Crippen molar-refractivity contribution >= 4 is 29.7 Å². The molecule has 0 aliphatic carbocycles. The van der Waals surface area contributed by atoms with Crippen molar-refractivity contribution in [1.29, 1.82) is 0 Å². The maximum atomic E-state index is 11.9. The van der Waals surface area contributed by atoms with Gasteiger partial charge in [0.2, 0.25) is 5.89 Å². The van der Waals surface area contributed by atoms with Crippen LogP contribution in [-0.4, -0.2) is 36.7 Å². The van der Waals surface area contributed by atoms with Crippen LogP contribution in [-0.2, 0) is 16.1 Å². The van der Waals surface area contributed by atoms with Gasteiger partial charge in [0.05, 0.1) is 23.7 Å². The first-order chi connectivity index (χ1) is 9.83. The SMILES string of the molecule is Cl.O=C(NCc1coc(-c2cccs2)n1)C1CNCCO1. The van der Waals surface area contributed by atoms with Crippen molar-refractivity contribution in [2.24, 2.45) is 0 Å². The lowest BCUT2D eigenvalue weighted by atomic mass is 10.3. The second-order valence-electron chi connectivity index (χ2n) is 4.40. The molecule has 2 aromatic rings. The zero-order valence-corrected chi connectivity index (χ0v) is 12.8. The Hall–Kier alpha value is -1.41. The molecule has 1 aliphatic heterocycles. The molecule has 8 heteroatoms. The summed E-state index contributed by atoms with van der Waals surface area (Å²) in [5.41, 5.74) is 0.700. The Morgan fingerprint density at radius 1 is 1.57 bits per heavy atom. The van der Waals surface area contributed by atoms with Crippen LogP contribution in [0, 0.1) is 0 Å². The molecule has 3 heterocycles. The smallest absolute Gasteiger partial charge is 0.250 e. The average molecular weight is 330 g/mol. The highest BCUT2D eigenvalue weighted by atomic mass is 35.5. The van der Waals surface area contributed by atoms with E-state index in [9.17, 15) is 4.79 Å². The number of aromatic nitrogens is 1. The first-order valence-corrected chi connectivity index (χ1v) is 7.29. The molecular weight excluding hydrogens is 314 g/mol. The lowest BCUT2D eigenvalue weighted by Gasteiger charge is -2.22. The topological polar surface area (TPSA) is 76.4 Å². The van der Waals surface area contributed by atoms with E-state index in [1.165, 1.54) is 0 Å². The standard InChI is InChI=1S/C13H15N3O3S.ClH/c17-12(10-7-14-3-4-18-10)15-6-9-8-19-13(16-9)11-2-1-5-20-11;/h1-2,5,8,10,14H,3-4,6-7H2,(H,15,17);1H. The van der Waals surface area contributed by atoms with E-state index in [0.717, 1.165) is 11.4 Å². The predicted molar refractivity (Wildman–Crippen MR) is 81.5 cm³/mol. The van der Waals surface area contributed by atoms with Gasteiger partial charge < -0.3 is 19.8 Å². The number of halogens is 1.